The molecular formula is C19H21ClN2O3. The summed E-state index contributed by atoms with van der Waals surface area (Å²) in [6.45, 7) is 2.96. The molecule has 0 spiro atoms. The first-order valence-electron chi connectivity index (χ1n) is 7.99. The van der Waals surface area contributed by atoms with Gasteiger partial charge in [0.15, 0.2) is 0 Å². The number of rotatable bonds is 6. The third-order valence-corrected chi connectivity index (χ3v) is 3.86. The molecule has 0 aliphatic rings. The highest BCUT2D eigenvalue weighted by molar-refractivity contribution is 6.30. The smallest absolute Gasteiger partial charge is 0.249 e. The maximum Gasteiger partial charge on any atom is 0.249 e. The predicted octanol–water partition coefficient (Wildman–Crippen LogP) is 3.08. The van der Waals surface area contributed by atoms with Gasteiger partial charge in [-0.2, -0.15) is 0 Å². The van der Waals surface area contributed by atoms with E-state index < -0.39 is 18.6 Å². The van der Waals surface area contributed by atoms with Crippen molar-refractivity contribution in [2.24, 2.45) is 5.92 Å². The summed E-state index contributed by atoms with van der Waals surface area (Å²) in [7, 11) is 0. The first-order chi connectivity index (χ1) is 11.9. The molecule has 0 bridgehead atoms. The highest BCUT2D eigenvalue weighted by Gasteiger charge is 2.21. The van der Waals surface area contributed by atoms with Gasteiger partial charge in [0.2, 0.25) is 11.8 Å². The molecule has 0 fully saturated rings. The van der Waals surface area contributed by atoms with Gasteiger partial charge in [-0.05, 0) is 35.4 Å². The highest BCUT2D eigenvalue weighted by Crippen LogP contribution is 2.25. The topological polar surface area (TPSA) is 78.4 Å². The van der Waals surface area contributed by atoms with Gasteiger partial charge in [0.1, 0.15) is 6.04 Å². The van der Waals surface area contributed by atoms with E-state index in [1.165, 1.54) is 0 Å². The summed E-state index contributed by atoms with van der Waals surface area (Å²) in [4.78, 5) is 24.0. The van der Waals surface area contributed by atoms with Crippen molar-refractivity contribution in [2.45, 2.75) is 19.9 Å². The fourth-order valence-corrected chi connectivity index (χ4v) is 2.40. The van der Waals surface area contributed by atoms with Crippen LogP contribution < -0.4 is 10.6 Å². The molecule has 6 heteroatoms. The van der Waals surface area contributed by atoms with Gasteiger partial charge in [0.25, 0.3) is 0 Å². The van der Waals surface area contributed by atoms with Gasteiger partial charge in [-0.25, -0.2) is 0 Å². The van der Waals surface area contributed by atoms with E-state index in [9.17, 15) is 14.7 Å². The number of amides is 2. The number of hydrogen-bond acceptors (Lipinski definition) is 3. The van der Waals surface area contributed by atoms with E-state index in [1.807, 2.05) is 36.4 Å². The quantitative estimate of drug-likeness (QED) is 0.740. The molecule has 0 heterocycles. The fraction of sp³-hybridized carbons (Fsp3) is 0.263. The third-order valence-electron chi connectivity index (χ3n) is 3.63. The SMILES string of the molecule is CC(C)C(=O)N[C@@H](CO)C(=O)Nc1cccc(-c2cccc(Cl)c2)c1. The summed E-state index contributed by atoms with van der Waals surface area (Å²) in [5, 5.41) is 15.2. The summed E-state index contributed by atoms with van der Waals surface area (Å²) < 4.78 is 0. The molecular weight excluding hydrogens is 340 g/mol. The lowest BCUT2D eigenvalue weighted by Gasteiger charge is -2.17. The van der Waals surface area contributed by atoms with E-state index >= 15 is 0 Å². The van der Waals surface area contributed by atoms with Crippen molar-refractivity contribution in [3.8, 4) is 11.1 Å². The van der Waals surface area contributed by atoms with Crippen LogP contribution in [0.15, 0.2) is 48.5 Å². The zero-order valence-corrected chi connectivity index (χ0v) is 14.9. The Labute approximate surface area is 152 Å². The van der Waals surface area contributed by atoms with Crippen LogP contribution >= 0.6 is 11.6 Å². The maximum absolute atomic E-state index is 12.3. The minimum atomic E-state index is -0.996. The number of aliphatic hydroxyl groups is 1. The first-order valence-corrected chi connectivity index (χ1v) is 8.36. The second-order valence-corrected chi connectivity index (χ2v) is 6.42. The van der Waals surface area contributed by atoms with Crippen molar-refractivity contribution < 1.29 is 14.7 Å². The third kappa shape index (κ3) is 5.31. The van der Waals surface area contributed by atoms with E-state index in [4.69, 9.17) is 11.6 Å². The van der Waals surface area contributed by atoms with Crippen LogP contribution in [0.1, 0.15) is 13.8 Å². The Balaban J connectivity index is 2.13. The van der Waals surface area contributed by atoms with Crippen LogP contribution in [-0.2, 0) is 9.59 Å². The molecule has 132 valence electrons. The summed E-state index contributed by atoms with van der Waals surface area (Å²) in [6.07, 6.45) is 0. The lowest BCUT2D eigenvalue weighted by atomic mass is 10.1. The molecule has 0 saturated heterocycles. The summed E-state index contributed by atoms with van der Waals surface area (Å²) in [6, 6.07) is 13.7. The number of benzene rings is 2. The van der Waals surface area contributed by atoms with Gasteiger partial charge in [-0.3, -0.25) is 9.59 Å². The molecule has 2 aromatic carbocycles. The Morgan fingerprint density at radius 3 is 2.28 bits per heavy atom. The number of halogens is 1. The van der Waals surface area contributed by atoms with Gasteiger partial charge >= 0.3 is 0 Å². The average molecular weight is 361 g/mol. The van der Waals surface area contributed by atoms with Crippen molar-refractivity contribution >= 4 is 29.1 Å². The summed E-state index contributed by atoms with van der Waals surface area (Å²) in [5.74, 6) is -1.03. The number of carbonyl (C=O) groups is 2. The van der Waals surface area contributed by atoms with Gasteiger partial charge < -0.3 is 15.7 Å². The van der Waals surface area contributed by atoms with Crippen LogP contribution in [0.25, 0.3) is 11.1 Å². The molecule has 3 N–H and O–H groups in total. The minimum absolute atomic E-state index is 0.270. The normalized spacial score (nSPS) is 11.9. The molecule has 2 aromatic rings. The molecule has 0 aromatic heterocycles. The van der Waals surface area contributed by atoms with Gasteiger partial charge in [-0.15, -0.1) is 0 Å². The predicted molar refractivity (Wildman–Crippen MR) is 99.4 cm³/mol. The van der Waals surface area contributed by atoms with E-state index in [0.717, 1.165) is 11.1 Å². The molecule has 0 aliphatic carbocycles. The van der Waals surface area contributed by atoms with Crippen LogP contribution in [0.2, 0.25) is 5.02 Å². The fourth-order valence-electron chi connectivity index (χ4n) is 2.21. The Hall–Kier alpha value is -2.37. The van der Waals surface area contributed by atoms with Crippen molar-refractivity contribution in [3.05, 3.63) is 53.6 Å². The second-order valence-electron chi connectivity index (χ2n) is 5.98. The average Bonchev–Trinajstić information content (AvgIpc) is 2.59. The number of carbonyl (C=O) groups excluding carboxylic acids is 2. The van der Waals surface area contributed by atoms with E-state index in [2.05, 4.69) is 10.6 Å². The van der Waals surface area contributed by atoms with Crippen LogP contribution in [0, 0.1) is 5.92 Å². The zero-order chi connectivity index (χ0) is 18.4. The van der Waals surface area contributed by atoms with E-state index in [1.54, 1.807) is 26.0 Å². The van der Waals surface area contributed by atoms with E-state index in [-0.39, 0.29) is 11.8 Å². The standard InChI is InChI=1S/C19H21ClN2O3/c1-12(2)18(24)22-17(11-23)19(25)21-16-8-4-6-14(10-16)13-5-3-7-15(20)9-13/h3-10,12,17,23H,11H2,1-2H3,(H,21,25)(H,22,24)/t17-/m0/s1. The molecule has 2 rings (SSSR count). The number of nitrogens with one attached hydrogen (secondary N) is 2. The molecule has 25 heavy (non-hydrogen) atoms. The monoisotopic (exact) mass is 360 g/mol. The van der Waals surface area contributed by atoms with Crippen molar-refractivity contribution in [3.63, 3.8) is 0 Å². The van der Waals surface area contributed by atoms with Crippen LogP contribution in [0.3, 0.4) is 0 Å². The molecule has 0 saturated carbocycles. The lowest BCUT2D eigenvalue weighted by molar-refractivity contribution is -0.129. The Morgan fingerprint density at radius 2 is 1.68 bits per heavy atom. The van der Waals surface area contributed by atoms with Gasteiger partial charge in [0.05, 0.1) is 6.61 Å². The summed E-state index contributed by atoms with van der Waals surface area (Å²) in [5.41, 5.74) is 2.39. The highest BCUT2D eigenvalue weighted by atomic mass is 35.5. The van der Waals surface area contributed by atoms with Crippen molar-refractivity contribution in [1.82, 2.24) is 5.32 Å². The Kier molecular flexibility index (Phi) is 6.56. The zero-order valence-electron chi connectivity index (χ0n) is 14.1. The molecule has 1 atom stereocenters. The van der Waals surface area contributed by atoms with Crippen molar-refractivity contribution in [1.29, 1.82) is 0 Å². The van der Waals surface area contributed by atoms with Crippen molar-refractivity contribution in [2.75, 3.05) is 11.9 Å². The lowest BCUT2D eigenvalue weighted by Crippen LogP contribution is -2.47. The summed E-state index contributed by atoms with van der Waals surface area (Å²) >= 11 is 6.02. The molecule has 2 amide bonds. The number of hydrogen-bond donors (Lipinski definition) is 3. The first kappa shape index (κ1) is 19.0. The minimum Gasteiger partial charge on any atom is -0.394 e. The number of anilines is 1. The number of aliphatic hydroxyl groups excluding tert-OH is 1. The molecule has 0 unspecified atom stereocenters. The molecule has 5 nitrogen and oxygen atoms in total. The van der Waals surface area contributed by atoms with Crippen LogP contribution in [0.5, 0.6) is 0 Å². The van der Waals surface area contributed by atoms with Gasteiger partial charge in [-0.1, -0.05) is 49.7 Å². The molecule has 0 radical (unpaired) electrons. The van der Waals surface area contributed by atoms with Crippen LogP contribution in [0.4, 0.5) is 5.69 Å². The Morgan fingerprint density at radius 1 is 1.04 bits per heavy atom. The second kappa shape index (κ2) is 8.65. The van der Waals surface area contributed by atoms with Gasteiger partial charge in [0, 0.05) is 16.6 Å². The maximum atomic E-state index is 12.3. The van der Waals surface area contributed by atoms with E-state index in [0.29, 0.717) is 10.7 Å². The Bertz CT molecular complexity index is 762. The molecule has 0 aliphatic heterocycles. The largest absolute Gasteiger partial charge is 0.394 e. The van der Waals surface area contributed by atoms with Crippen LogP contribution in [-0.4, -0.2) is 29.6 Å².